The van der Waals surface area contributed by atoms with Crippen LogP contribution in [0.3, 0.4) is 0 Å². The molecule has 0 saturated carbocycles. The number of hydrogen-bond donors (Lipinski definition) is 5. The van der Waals surface area contributed by atoms with Crippen molar-refractivity contribution in [3.05, 3.63) is 12.7 Å². The molecule has 0 radical (unpaired) electrons. The lowest BCUT2D eigenvalue weighted by atomic mass is 10.1. The van der Waals surface area contributed by atoms with Crippen molar-refractivity contribution < 1.29 is 25.2 Å². The SMILES string of the molecule is OCCCCCCNc1ncnc2c1ncn2C1OC(CO)C(O)C1O. The zero-order chi connectivity index (χ0) is 18.5. The van der Waals surface area contributed by atoms with Gasteiger partial charge in [-0.2, -0.15) is 0 Å². The Morgan fingerprint density at radius 1 is 1.04 bits per heavy atom. The Bertz CT molecular complexity index is 711. The molecule has 144 valence electrons. The van der Waals surface area contributed by atoms with E-state index in [4.69, 9.17) is 9.84 Å². The number of ether oxygens (including phenoxy) is 1. The molecule has 0 spiro atoms. The molecular formula is C16H25N5O5. The first-order valence-electron chi connectivity index (χ1n) is 8.82. The molecule has 1 aliphatic heterocycles. The van der Waals surface area contributed by atoms with Gasteiger partial charge in [-0.05, 0) is 12.8 Å². The summed E-state index contributed by atoms with van der Waals surface area (Å²) < 4.78 is 7.07. The standard InChI is InChI=1S/C16H25N5O5/c22-6-4-2-1-3-5-17-14-11-15(19-8-18-14)21(9-20-11)16-13(25)12(24)10(7-23)26-16/h8-10,12-13,16,22-25H,1-7H2,(H,17,18,19). The number of hydrogen-bond acceptors (Lipinski definition) is 9. The smallest absolute Gasteiger partial charge is 0.167 e. The van der Waals surface area contributed by atoms with Crippen LogP contribution in [0.15, 0.2) is 12.7 Å². The second-order valence-electron chi connectivity index (χ2n) is 6.34. The van der Waals surface area contributed by atoms with E-state index >= 15 is 0 Å². The lowest BCUT2D eigenvalue weighted by molar-refractivity contribution is -0.0511. The Labute approximate surface area is 150 Å². The molecule has 5 N–H and O–H groups in total. The summed E-state index contributed by atoms with van der Waals surface area (Å²) in [5.74, 6) is 0.586. The minimum Gasteiger partial charge on any atom is -0.396 e. The maximum absolute atomic E-state index is 10.2. The van der Waals surface area contributed by atoms with Crippen LogP contribution in [0.4, 0.5) is 5.82 Å². The summed E-state index contributed by atoms with van der Waals surface area (Å²) in [6, 6.07) is 0. The number of aliphatic hydroxyl groups is 4. The third-order valence-electron chi connectivity index (χ3n) is 4.53. The average molecular weight is 367 g/mol. The fourth-order valence-corrected chi connectivity index (χ4v) is 3.07. The van der Waals surface area contributed by atoms with Crippen LogP contribution < -0.4 is 5.32 Å². The fourth-order valence-electron chi connectivity index (χ4n) is 3.07. The first-order chi connectivity index (χ1) is 12.7. The average Bonchev–Trinajstić information content (AvgIpc) is 3.20. The summed E-state index contributed by atoms with van der Waals surface area (Å²) in [5.41, 5.74) is 1.01. The Morgan fingerprint density at radius 2 is 1.85 bits per heavy atom. The Morgan fingerprint density at radius 3 is 2.58 bits per heavy atom. The highest BCUT2D eigenvalue weighted by Gasteiger charge is 2.44. The number of nitrogens with one attached hydrogen (secondary N) is 1. The van der Waals surface area contributed by atoms with Gasteiger partial charge in [0.25, 0.3) is 0 Å². The van der Waals surface area contributed by atoms with Crippen LogP contribution in [0.5, 0.6) is 0 Å². The lowest BCUT2D eigenvalue weighted by Gasteiger charge is -2.16. The molecular weight excluding hydrogens is 342 g/mol. The maximum Gasteiger partial charge on any atom is 0.167 e. The van der Waals surface area contributed by atoms with Gasteiger partial charge >= 0.3 is 0 Å². The number of nitrogens with zero attached hydrogens (tertiary/aromatic N) is 4. The highest BCUT2D eigenvalue weighted by Crippen LogP contribution is 2.32. The van der Waals surface area contributed by atoms with Crippen LogP contribution >= 0.6 is 0 Å². The molecule has 3 heterocycles. The van der Waals surface area contributed by atoms with Crippen LogP contribution in [0.25, 0.3) is 11.2 Å². The van der Waals surface area contributed by atoms with Crippen molar-refractivity contribution in [3.8, 4) is 0 Å². The molecule has 1 fully saturated rings. The molecule has 2 aromatic rings. The minimum absolute atomic E-state index is 0.221. The molecule has 1 saturated heterocycles. The monoisotopic (exact) mass is 367 g/mol. The summed E-state index contributed by atoms with van der Waals surface area (Å²) in [6.07, 6.45) is 2.52. The van der Waals surface area contributed by atoms with Crippen LogP contribution in [-0.4, -0.2) is 78.0 Å². The number of aromatic nitrogens is 4. The largest absolute Gasteiger partial charge is 0.396 e. The lowest BCUT2D eigenvalue weighted by Crippen LogP contribution is -2.33. The summed E-state index contributed by atoms with van der Waals surface area (Å²) >= 11 is 0. The molecule has 0 amide bonds. The predicted molar refractivity (Wildman–Crippen MR) is 92.4 cm³/mol. The highest BCUT2D eigenvalue weighted by atomic mass is 16.6. The number of unbranched alkanes of at least 4 members (excludes halogenated alkanes) is 3. The quantitative estimate of drug-likeness (QED) is 0.367. The summed E-state index contributed by atoms with van der Waals surface area (Å²) in [7, 11) is 0. The van der Waals surface area contributed by atoms with E-state index in [1.807, 2.05) is 0 Å². The van der Waals surface area contributed by atoms with Crippen molar-refractivity contribution in [2.75, 3.05) is 25.1 Å². The zero-order valence-electron chi connectivity index (χ0n) is 14.4. The van der Waals surface area contributed by atoms with Gasteiger partial charge in [-0.1, -0.05) is 12.8 Å². The van der Waals surface area contributed by atoms with E-state index in [1.165, 1.54) is 17.2 Å². The van der Waals surface area contributed by atoms with E-state index in [2.05, 4.69) is 20.3 Å². The van der Waals surface area contributed by atoms with Gasteiger partial charge in [0.15, 0.2) is 23.2 Å². The first-order valence-corrected chi connectivity index (χ1v) is 8.82. The van der Waals surface area contributed by atoms with Gasteiger partial charge in [-0.15, -0.1) is 0 Å². The molecule has 0 aliphatic carbocycles. The van der Waals surface area contributed by atoms with Crippen LogP contribution in [0, 0.1) is 0 Å². The van der Waals surface area contributed by atoms with E-state index in [1.54, 1.807) is 0 Å². The number of fused-ring (bicyclic) bond motifs is 1. The van der Waals surface area contributed by atoms with Crippen molar-refractivity contribution >= 4 is 17.0 Å². The van der Waals surface area contributed by atoms with Crippen molar-refractivity contribution in [2.45, 2.75) is 50.2 Å². The predicted octanol–water partition coefficient (Wildman–Crippen LogP) is -0.598. The van der Waals surface area contributed by atoms with Gasteiger partial charge in [0.05, 0.1) is 12.9 Å². The number of aliphatic hydroxyl groups excluding tert-OH is 4. The van der Waals surface area contributed by atoms with E-state index in [0.29, 0.717) is 17.0 Å². The van der Waals surface area contributed by atoms with Gasteiger partial charge < -0.3 is 30.5 Å². The van der Waals surface area contributed by atoms with Crippen molar-refractivity contribution in [3.63, 3.8) is 0 Å². The van der Waals surface area contributed by atoms with Gasteiger partial charge in [0.1, 0.15) is 24.6 Å². The highest BCUT2D eigenvalue weighted by molar-refractivity contribution is 5.82. The third-order valence-corrected chi connectivity index (χ3v) is 4.53. The second-order valence-corrected chi connectivity index (χ2v) is 6.34. The third kappa shape index (κ3) is 3.79. The topological polar surface area (TPSA) is 146 Å². The van der Waals surface area contributed by atoms with Crippen LogP contribution in [-0.2, 0) is 4.74 Å². The van der Waals surface area contributed by atoms with E-state index in [9.17, 15) is 15.3 Å². The second kappa shape index (κ2) is 8.69. The van der Waals surface area contributed by atoms with Crippen molar-refractivity contribution in [1.29, 1.82) is 0 Å². The number of anilines is 1. The summed E-state index contributed by atoms with van der Waals surface area (Å²) in [6.45, 7) is 0.552. The molecule has 3 rings (SSSR count). The molecule has 0 aromatic carbocycles. The molecule has 10 heteroatoms. The Hall–Kier alpha value is -1.85. The van der Waals surface area contributed by atoms with Crippen LogP contribution in [0.2, 0.25) is 0 Å². The number of imidazole rings is 1. The minimum atomic E-state index is -1.19. The number of rotatable bonds is 9. The summed E-state index contributed by atoms with van der Waals surface area (Å²) in [5, 5.41) is 41.4. The normalized spacial score (nSPS) is 25.8. The van der Waals surface area contributed by atoms with E-state index in [-0.39, 0.29) is 13.2 Å². The van der Waals surface area contributed by atoms with Crippen molar-refractivity contribution in [2.24, 2.45) is 0 Å². The van der Waals surface area contributed by atoms with Gasteiger partial charge in [0.2, 0.25) is 0 Å². The fraction of sp³-hybridized carbons (Fsp3) is 0.688. The molecule has 26 heavy (non-hydrogen) atoms. The summed E-state index contributed by atoms with van der Waals surface area (Å²) in [4.78, 5) is 12.7. The van der Waals surface area contributed by atoms with Crippen molar-refractivity contribution in [1.82, 2.24) is 19.5 Å². The molecule has 2 aromatic heterocycles. The molecule has 1 aliphatic rings. The maximum atomic E-state index is 10.2. The first kappa shape index (κ1) is 18.9. The van der Waals surface area contributed by atoms with Gasteiger partial charge in [-0.3, -0.25) is 4.57 Å². The zero-order valence-corrected chi connectivity index (χ0v) is 14.4. The van der Waals surface area contributed by atoms with E-state index < -0.39 is 24.5 Å². The van der Waals surface area contributed by atoms with Gasteiger partial charge in [-0.25, -0.2) is 15.0 Å². The Balaban J connectivity index is 1.71. The molecule has 0 bridgehead atoms. The molecule has 4 atom stereocenters. The molecule has 4 unspecified atom stereocenters. The van der Waals surface area contributed by atoms with E-state index in [0.717, 1.165) is 32.2 Å². The van der Waals surface area contributed by atoms with Gasteiger partial charge in [0, 0.05) is 13.2 Å². The Kier molecular flexibility index (Phi) is 6.33. The van der Waals surface area contributed by atoms with Crippen LogP contribution in [0.1, 0.15) is 31.9 Å². The molecule has 10 nitrogen and oxygen atoms in total.